The van der Waals surface area contributed by atoms with Crippen LogP contribution in [0.15, 0.2) is 12.1 Å². The Bertz CT molecular complexity index is 441. The summed E-state index contributed by atoms with van der Waals surface area (Å²) in [5.41, 5.74) is -0.0221. The SMILES string of the molecule is COC1CCN(c2nc(Cl)ccc2[N+](=O)[O-])C1. The third-order valence-corrected chi connectivity index (χ3v) is 3.01. The number of hydrogen-bond acceptors (Lipinski definition) is 5. The van der Waals surface area contributed by atoms with Crippen molar-refractivity contribution in [2.45, 2.75) is 12.5 Å². The van der Waals surface area contributed by atoms with Crippen molar-refractivity contribution in [2.24, 2.45) is 0 Å². The Morgan fingerprint density at radius 2 is 2.41 bits per heavy atom. The first kappa shape index (κ1) is 12.1. The van der Waals surface area contributed by atoms with Crippen molar-refractivity contribution in [3.05, 3.63) is 27.4 Å². The summed E-state index contributed by atoms with van der Waals surface area (Å²) in [5.74, 6) is 0.321. The smallest absolute Gasteiger partial charge is 0.311 e. The van der Waals surface area contributed by atoms with Gasteiger partial charge in [-0.3, -0.25) is 10.1 Å². The van der Waals surface area contributed by atoms with Gasteiger partial charge in [-0.1, -0.05) is 11.6 Å². The third-order valence-electron chi connectivity index (χ3n) is 2.80. The van der Waals surface area contributed by atoms with Gasteiger partial charge in [0.25, 0.3) is 0 Å². The van der Waals surface area contributed by atoms with E-state index in [0.717, 1.165) is 6.42 Å². The maximum absolute atomic E-state index is 10.9. The molecule has 0 bridgehead atoms. The lowest BCUT2D eigenvalue weighted by Gasteiger charge is -2.16. The van der Waals surface area contributed by atoms with Crippen molar-refractivity contribution in [1.82, 2.24) is 4.98 Å². The molecule has 1 atom stereocenters. The average Bonchev–Trinajstić information content (AvgIpc) is 2.76. The summed E-state index contributed by atoms with van der Waals surface area (Å²) in [4.78, 5) is 16.3. The van der Waals surface area contributed by atoms with Gasteiger partial charge < -0.3 is 9.64 Å². The lowest BCUT2D eigenvalue weighted by molar-refractivity contribution is -0.384. The molecule has 92 valence electrons. The topological polar surface area (TPSA) is 68.5 Å². The molecule has 0 amide bonds. The number of anilines is 1. The van der Waals surface area contributed by atoms with Gasteiger partial charge in [-0.25, -0.2) is 4.98 Å². The summed E-state index contributed by atoms with van der Waals surface area (Å²) < 4.78 is 5.22. The lowest BCUT2D eigenvalue weighted by atomic mass is 10.3. The first-order chi connectivity index (χ1) is 8.11. The monoisotopic (exact) mass is 257 g/mol. The molecule has 0 radical (unpaired) electrons. The molecular weight excluding hydrogens is 246 g/mol. The van der Waals surface area contributed by atoms with Gasteiger partial charge in [-0.2, -0.15) is 0 Å². The molecule has 1 aromatic rings. The van der Waals surface area contributed by atoms with Crippen molar-refractivity contribution in [1.29, 1.82) is 0 Å². The van der Waals surface area contributed by atoms with Crippen molar-refractivity contribution in [3.8, 4) is 0 Å². The normalized spacial score (nSPS) is 19.6. The molecule has 1 aliphatic rings. The van der Waals surface area contributed by atoms with Crippen molar-refractivity contribution >= 4 is 23.1 Å². The second kappa shape index (κ2) is 4.85. The van der Waals surface area contributed by atoms with Crippen LogP contribution in [0.2, 0.25) is 5.15 Å². The second-order valence-electron chi connectivity index (χ2n) is 3.83. The lowest BCUT2D eigenvalue weighted by Crippen LogP contribution is -2.24. The van der Waals surface area contributed by atoms with E-state index in [1.54, 1.807) is 7.11 Å². The number of rotatable bonds is 3. The molecule has 1 fully saturated rings. The zero-order valence-electron chi connectivity index (χ0n) is 9.30. The second-order valence-corrected chi connectivity index (χ2v) is 4.21. The molecule has 1 unspecified atom stereocenters. The Balaban J connectivity index is 2.31. The molecule has 1 aromatic heterocycles. The van der Waals surface area contributed by atoms with Crippen LogP contribution in [0.5, 0.6) is 0 Å². The molecule has 2 heterocycles. The number of ether oxygens (including phenoxy) is 1. The maximum Gasteiger partial charge on any atom is 0.311 e. The van der Waals surface area contributed by atoms with E-state index in [1.165, 1.54) is 12.1 Å². The molecule has 0 saturated carbocycles. The standard InChI is InChI=1S/C10H12ClN3O3/c1-17-7-4-5-13(6-7)10-8(14(15)16)2-3-9(11)12-10/h2-3,7H,4-6H2,1H3. The quantitative estimate of drug-likeness (QED) is 0.470. The predicted molar refractivity (Wildman–Crippen MR) is 63.5 cm³/mol. The molecule has 1 saturated heterocycles. The number of methoxy groups -OCH3 is 1. The van der Waals surface area contributed by atoms with Crippen LogP contribution in [0.25, 0.3) is 0 Å². The largest absolute Gasteiger partial charge is 0.380 e. The zero-order chi connectivity index (χ0) is 12.4. The van der Waals surface area contributed by atoms with E-state index in [0.29, 0.717) is 18.9 Å². The highest BCUT2D eigenvalue weighted by Crippen LogP contribution is 2.30. The minimum atomic E-state index is -0.446. The Morgan fingerprint density at radius 3 is 3.00 bits per heavy atom. The van der Waals surface area contributed by atoms with Gasteiger partial charge >= 0.3 is 5.69 Å². The first-order valence-corrected chi connectivity index (χ1v) is 5.58. The molecule has 0 spiro atoms. The van der Waals surface area contributed by atoms with Crippen LogP contribution in [-0.4, -0.2) is 36.2 Å². The van der Waals surface area contributed by atoms with Crippen LogP contribution >= 0.6 is 11.6 Å². The summed E-state index contributed by atoms with van der Waals surface area (Å²) >= 11 is 5.78. The highest BCUT2D eigenvalue weighted by Gasteiger charge is 2.28. The molecule has 0 aliphatic carbocycles. The average molecular weight is 258 g/mol. The van der Waals surface area contributed by atoms with Crippen molar-refractivity contribution in [3.63, 3.8) is 0 Å². The van der Waals surface area contributed by atoms with Crippen molar-refractivity contribution < 1.29 is 9.66 Å². The highest BCUT2D eigenvalue weighted by molar-refractivity contribution is 6.29. The van der Waals surface area contributed by atoms with Gasteiger partial charge in [-0.15, -0.1) is 0 Å². The van der Waals surface area contributed by atoms with Gasteiger partial charge in [0.15, 0.2) is 0 Å². The molecule has 2 rings (SSSR count). The van der Waals surface area contributed by atoms with Gasteiger partial charge in [0.1, 0.15) is 5.15 Å². The number of aromatic nitrogens is 1. The van der Waals surface area contributed by atoms with Crippen molar-refractivity contribution in [2.75, 3.05) is 25.1 Å². The van der Waals surface area contributed by atoms with Gasteiger partial charge in [-0.05, 0) is 12.5 Å². The van der Waals surface area contributed by atoms with Gasteiger partial charge in [0.2, 0.25) is 5.82 Å². The molecule has 0 aromatic carbocycles. The summed E-state index contributed by atoms with van der Waals surface area (Å²) in [5, 5.41) is 11.2. The third kappa shape index (κ3) is 2.48. The first-order valence-electron chi connectivity index (χ1n) is 5.20. The Morgan fingerprint density at radius 1 is 1.65 bits per heavy atom. The van der Waals surface area contributed by atoms with E-state index in [9.17, 15) is 10.1 Å². The molecule has 7 heteroatoms. The van der Waals surface area contributed by atoms with E-state index in [-0.39, 0.29) is 16.9 Å². The summed E-state index contributed by atoms with van der Waals surface area (Å²) in [6.07, 6.45) is 0.928. The van der Waals surface area contributed by atoms with E-state index < -0.39 is 4.92 Å². The fraction of sp³-hybridized carbons (Fsp3) is 0.500. The highest BCUT2D eigenvalue weighted by atomic mass is 35.5. The summed E-state index contributed by atoms with van der Waals surface area (Å²) in [6, 6.07) is 2.80. The van der Waals surface area contributed by atoms with Crippen LogP contribution in [-0.2, 0) is 4.74 Å². The van der Waals surface area contributed by atoms with Crippen LogP contribution in [0.3, 0.4) is 0 Å². The molecule has 6 nitrogen and oxygen atoms in total. The Hall–Kier alpha value is -1.40. The van der Waals surface area contributed by atoms with E-state index in [1.807, 2.05) is 4.90 Å². The van der Waals surface area contributed by atoms with E-state index >= 15 is 0 Å². The summed E-state index contributed by atoms with van der Waals surface area (Å²) in [6.45, 7) is 1.29. The zero-order valence-corrected chi connectivity index (χ0v) is 10.1. The Labute approximate surface area is 103 Å². The predicted octanol–water partition coefficient (Wildman–Crippen LogP) is 1.87. The molecule has 1 aliphatic heterocycles. The fourth-order valence-electron chi connectivity index (χ4n) is 1.91. The van der Waals surface area contributed by atoms with Gasteiger partial charge in [0, 0.05) is 26.3 Å². The van der Waals surface area contributed by atoms with Gasteiger partial charge in [0.05, 0.1) is 11.0 Å². The van der Waals surface area contributed by atoms with Crippen LogP contribution in [0, 0.1) is 10.1 Å². The number of nitrogens with zero attached hydrogens (tertiary/aromatic N) is 3. The van der Waals surface area contributed by atoms with E-state index in [4.69, 9.17) is 16.3 Å². The number of pyridine rings is 1. The Kier molecular flexibility index (Phi) is 3.44. The number of nitro groups is 1. The van der Waals surface area contributed by atoms with E-state index in [2.05, 4.69) is 4.98 Å². The number of hydrogen-bond donors (Lipinski definition) is 0. The van der Waals surface area contributed by atoms with Crippen LogP contribution < -0.4 is 4.90 Å². The minimum absolute atomic E-state index is 0.0221. The fourth-order valence-corrected chi connectivity index (χ4v) is 2.05. The minimum Gasteiger partial charge on any atom is -0.380 e. The maximum atomic E-state index is 10.9. The van der Waals surface area contributed by atoms with Crippen LogP contribution in [0.1, 0.15) is 6.42 Å². The molecule has 0 N–H and O–H groups in total. The van der Waals surface area contributed by atoms with Crippen LogP contribution in [0.4, 0.5) is 11.5 Å². The molecule has 17 heavy (non-hydrogen) atoms. The molecular formula is C10H12ClN3O3. The summed E-state index contributed by atoms with van der Waals surface area (Å²) in [7, 11) is 1.63. The number of halogens is 1.